The third-order valence-electron chi connectivity index (χ3n) is 3.37. The fourth-order valence-electron chi connectivity index (χ4n) is 2.34. The quantitative estimate of drug-likeness (QED) is 0.572. The van der Waals surface area contributed by atoms with Crippen LogP contribution in [0.25, 0.3) is 0 Å². The first-order valence-electron chi connectivity index (χ1n) is 6.94. The van der Waals surface area contributed by atoms with E-state index in [2.05, 4.69) is 22.5 Å². The number of carbonyl (C=O) groups is 1. The molecule has 2 aromatic carbocycles. The molecular formula is C18H17BrO4. The lowest BCUT2D eigenvalue weighted by Gasteiger charge is -2.20. The molecule has 1 atom stereocenters. The summed E-state index contributed by atoms with van der Waals surface area (Å²) in [6.07, 6.45) is 1.77. The molecule has 0 aliphatic heterocycles. The van der Waals surface area contributed by atoms with Gasteiger partial charge in [-0.15, -0.1) is 6.58 Å². The van der Waals surface area contributed by atoms with Gasteiger partial charge < -0.3 is 14.6 Å². The lowest BCUT2D eigenvalue weighted by atomic mass is 9.89. The molecule has 0 aliphatic rings. The molecule has 23 heavy (non-hydrogen) atoms. The van der Waals surface area contributed by atoms with Crippen LogP contribution in [0.1, 0.15) is 27.4 Å². The van der Waals surface area contributed by atoms with Crippen molar-refractivity contribution in [3.8, 4) is 5.75 Å². The van der Waals surface area contributed by atoms with Gasteiger partial charge in [0.05, 0.1) is 10.0 Å². The van der Waals surface area contributed by atoms with Gasteiger partial charge in [-0.3, -0.25) is 0 Å². The fraction of sp³-hybridized carbons (Fsp3) is 0.167. The van der Waals surface area contributed by atoms with Gasteiger partial charge in [-0.25, -0.2) is 4.79 Å². The molecule has 0 aliphatic carbocycles. The molecule has 120 valence electrons. The number of allylic oxidation sites excluding steroid dienone is 1. The van der Waals surface area contributed by atoms with E-state index >= 15 is 0 Å². The third kappa shape index (κ3) is 4.00. The van der Waals surface area contributed by atoms with E-state index in [1.165, 1.54) is 13.2 Å². The van der Waals surface area contributed by atoms with Crippen molar-refractivity contribution < 1.29 is 19.4 Å². The number of carboxylic acid groups (broad SMARTS) is 1. The van der Waals surface area contributed by atoms with E-state index in [-0.39, 0.29) is 18.3 Å². The normalized spacial score (nSPS) is 11.7. The number of benzene rings is 2. The zero-order chi connectivity index (χ0) is 16.8. The summed E-state index contributed by atoms with van der Waals surface area (Å²) in [5.74, 6) is -0.648. The Morgan fingerprint density at radius 1 is 1.35 bits per heavy atom. The SMILES string of the molecule is C=CC(c1ccccc1)c1cc(C(=O)O)cc(Br)c1OCOC. The van der Waals surface area contributed by atoms with E-state index in [0.717, 1.165) is 11.1 Å². The maximum atomic E-state index is 11.4. The van der Waals surface area contributed by atoms with Gasteiger partial charge in [-0.1, -0.05) is 36.4 Å². The van der Waals surface area contributed by atoms with E-state index in [9.17, 15) is 9.90 Å². The van der Waals surface area contributed by atoms with Crippen molar-refractivity contribution in [2.24, 2.45) is 0 Å². The van der Waals surface area contributed by atoms with Gasteiger partial charge in [0.1, 0.15) is 5.75 Å². The molecule has 0 bridgehead atoms. The summed E-state index contributed by atoms with van der Waals surface area (Å²) in [7, 11) is 1.53. The summed E-state index contributed by atoms with van der Waals surface area (Å²) < 4.78 is 11.2. The van der Waals surface area contributed by atoms with E-state index in [4.69, 9.17) is 9.47 Å². The predicted octanol–water partition coefficient (Wildman–Crippen LogP) is 4.45. The molecule has 0 spiro atoms. The Bertz CT molecular complexity index is 698. The Kier molecular flexibility index (Phi) is 5.96. The second-order valence-electron chi connectivity index (χ2n) is 4.86. The van der Waals surface area contributed by atoms with Gasteiger partial charge in [0.25, 0.3) is 0 Å². The van der Waals surface area contributed by atoms with Crippen LogP contribution in [0, 0.1) is 0 Å². The lowest BCUT2D eigenvalue weighted by molar-refractivity contribution is 0.0498. The van der Waals surface area contributed by atoms with Crippen molar-refractivity contribution in [1.82, 2.24) is 0 Å². The van der Waals surface area contributed by atoms with Crippen LogP contribution in [0.2, 0.25) is 0 Å². The number of hydrogen-bond donors (Lipinski definition) is 1. The maximum Gasteiger partial charge on any atom is 0.335 e. The van der Waals surface area contributed by atoms with Crippen LogP contribution in [-0.2, 0) is 4.74 Å². The fourth-order valence-corrected chi connectivity index (χ4v) is 2.93. The smallest absolute Gasteiger partial charge is 0.335 e. The maximum absolute atomic E-state index is 11.4. The van der Waals surface area contributed by atoms with Gasteiger partial charge in [0.15, 0.2) is 6.79 Å². The van der Waals surface area contributed by atoms with Crippen molar-refractivity contribution in [2.45, 2.75) is 5.92 Å². The predicted molar refractivity (Wildman–Crippen MR) is 92.1 cm³/mol. The Morgan fingerprint density at radius 2 is 2.04 bits per heavy atom. The molecule has 0 amide bonds. The van der Waals surface area contributed by atoms with E-state index < -0.39 is 5.97 Å². The topological polar surface area (TPSA) is 55.8 Å². The molecular weight excluding hydrogens is 360 g/mol. The largest absolute Gasteiger partial charge is 0.478 e. The standard InChI is InChI=1S/C18H17BrO4/c1-3-14(12-7-5-4-6-8-12)15-9-13(18(20)21)10-16(19)17(15)23-11-22-2/h3-10,14H,1,11H2,2H3,(H,20,21). The molecule has 0 saturated heterocycles. The summed E-state index contributed by atoms with van der Waals surface area (Å²) in [5, 5.41) is 9.31. The minimum absolute atomic E-state index is 0.0661. The third-order valence-corrected chi connectivity index (χ3v) is 3.96. The van der Waals surface area contributed by atoms with Crippen LogP contribution in [-0.4, -0.2) is 25.0 Å². The minimum Gasteiger partial charge on any atom is -0.478 e. The van der Waals surface area contributed by atoms with Crippen LogP contribution < -0.4 is 4.74 Å². The van der Waals surface area contributed by atoms with Crippen LogP contribution in [0.4, 0.5) is 0 Å². The highest BCUT2D eigenvalue weighted by molar-refractivity contribution is 9.10. The molecule has 4 nitrogen and oxygen atoms in total. The van der Waals surface area contributed by atoms with Gasteiger partial charge in [0.2, 0.25) is 0 Å². The second kappa shape index (κ2) is 7.94. The Balaban J connectivity index is 2.60. The summed E-state index contributed by atoms with van der Waals surface area (Å²) in [6.45, 7) is 3.96. The van der Waals surface area contributed by atoms with Gasteiger partial charge >= 0.3 is 5.97 Å². The van der Waals surface area contributed by atoms with Crippen LogP contribution in [0.3, 0.4) is 0 Å². The van der Waals surface area contributed by atoms with E-state index in [1.54, 1.807) is 12.1 Å². The molecule has 5 heteroatoms. The highest BCUT2D eigenvalue weighted by Crippen LogP contribution is 2.39. The first-order chi connectivity index (χ1) is 11.1. The number of methoxy groups -OCH3 is 1. The van der Waals surface area contributed by atoms with Gasteiger partial charge in [0, 0.05) is 18.6 Å². The van der Waals surface area contributed by atoms with E-state index in [1.807, 2.05) is 30.3 Å². The first-order valence-corrected chi connectivity index (χ1v) is 7.73. The molecule has 0 aromatic heterocycles. The molecule has 0 fully saturated rings. The molecule has 2 aromatic rings. The van der Waals surface area contributed by atoms with Crippen molar-refractivity contribution in [1.29, 1.82) is 0 Å². The minimum atomic E-state index is -0.999. The average molecular weight is 377 g/mol. The lowest BCUT2D eigenvalue weighted by Crippen LogP contribution is -2.08. The Morgan fingerprint density at radius 3 is 2.61 bits per heavy atom. The van der Waals surface area contributed by atoms with Crippen molar-refractivity contribution >= 4 is 21.9 Å². The number of ether oxygens (including phenoxy) is 2. The first kappa shape index (κ1) is 17.2. The Labute approximate surface area is 143 Å². The van der Waals surface area contributed by atoms with Gasteiger partial charge in [-0.05, 0) is 33.6 Å². The molecule has 0 heterocycles. The molecule has 1 unspecified atom stereocenters. The van der Waals surface area contributed by atoms with Crippen molar-refractivity contribution in [3.63, 3.8) is 0 Å². The Hall–Kier alpha value is -2.11. The molecule has 0 radical (unpaired) electrons. The van der Waals surface area contributed by atoms with E-state index in [0.29, 0.717) is 10.2 Å². The van der Waals surface area contributed by atoms with Crippen LogP contribution >= 0.6 is 15.9 Å². The van der Waals surface area contributed by atoms with Gasteiger partial charge in [-0.2, -0.15) is 0 Å². The number of hydrogen-bond acceptors (Lipinski definition) is 3. The highest BCUT2D eigenvalue weighted by atomic mass is 79.9. The monoisotopic (exact) mass is 376 g/mol. The second-order valence-corrected chi connectivity index (χ2v) is 5.71. The number of rotatable bonds is 7. The zero-order valence-electron chi connectivity index (χ0n) is 12.7. The highest BCUT2D eigenvalue weighted by Gasteiger charge is 2.21. The average Bonchev–Trinajstić information content (AvgIpc) is 2.55. The summed E-state index contributed by atoms with van der Waals surface area (Å²) in [4.78, 5) is 11.4. The summed E-state index contributed by atoms with van der Waals surface area (Å²) in [6, 6.07) is 12.8. The summed E-state index contributed by atoms with van der Waals surface area (Å²) in [5.41, 5.74) is 1.90. The summed E-state index contributed by atoms with van der Waals surface area (Å²) >= 11 is 3.39. The number of carboxylic acids is 1. The van der Waals surface area contributed by atoms with Crippen LogP contribution in [0.5, 0.6) is 5.75 Å². The number of halogens is 1. The molecule has 1 N–H and O–H groups in total. The van der Waals surface area contributed by atoms with Crippen LogP contribution in [0.15, 0.2) is 59.6 Å². The van der Waals surface area contributed by atoms with Crippen molar-refractivity contribution in [2.75, 3.05) is 13.9 Å². The molecule has 2 rings (SSSR count). The van der Waals surface area contributed by atoms with Crippen molar-refractivity contribution in [3.05, 3.63) is 76.3 Å². The zero-order valence-corrected chi connectivity index (χ0v) is 14.2. The number of aromatic carboxylic acids is 1. The molecule has 0 saturated carbocycles.